The molecule has 6 nitrogen and oxygen atoms in total. The van der Waals surface area contributed by atoms with Crippen LogP contribution < -0.4 is 10.5 Å². The van der Waals surface area contributed by atoms with Crippen LogP contribution in [0.1, 0.15) is 18.9 Å². The molecule has 0 saturated heterocycles. The van der Waals surface area contributed by atoms with Gasteiger partial charge in [0.05, 0.1) is 30.9 Å². The fourth-order valence-corrected chi connectivity index (χ4v) is 3.22. The maximum atomic E-state index is 5.85. The van der Waals surface area contributed by atoms with Crippen LogP contribution in [0.15, 0.2) is 55.3 Å². The molecule has 126 valence electrons. The average molecular weight is 333 g/mol. The Hall–Kier alpha value is -3.15. The zero-order valence-corrected chi connectivity index (χ0v) is 14.0. The summed E-state index contributed by atoms with van der Waals surface area (Å²) >= 11 is 0. The maximum absolute atomic E-state index is 5.85. The van der Waals surface area contributed by atoms with E-state index in [1.807, 2.05) is 24.5 Å². The molecule has 3 heterocycles. The van der Waals surface area contributed by atoms with Crippen molar-refractivity contribution in [2.45, 2.75) is 18.9 Å². The maximum Gasteiger partial charge on any atom is 0.166 e. The van der Waals surface area contributed by atoms with Crippen molar-refractivity contribution in [3.8, 4) is 28.3 Å². The average Bonchev–Trinajstić information content (AvgIpc) is 3.32. The summed E-state index contributed by atoms with van der Waals surface area (Å²) in [7, 11) is 1.59. The summed E-state index contributed by atoms with van der Waals surface area (Å²) in [4.78, 5) is 13.1. The Labute approximate surface area is 146 Å². The molecule has 0 spiro atoms. The number of pyridine rings is 2. The molecule has 3 aromatic rings. The second-order valence-corrected chi connectivity index (χ2v) is 5.97. The molecule has 25 heavy (non-hydrogen) atoms. The molecule has 1 atom stereocenters. The summed E-state index contributed by atoms with van der Waals surface area (Å²) < 4.78 is 7.54. The summed E-state index contributed by atoms with van der Waals surface area (Å²) in [5.41, 5.74) is 9.70. The van der Waals surface area contributed by atoms with Gasteiger partial charge in [-0.1, -0.05) is 12.2 Å². The van der Waals surface area contributed by atoms with Crippen LogP contribution in [0, 0.1) is 0 Å². The third-order valence-corrected chi connectivity index (χ3v) is 4.47. The van der Waals surface area contributed by atoms with Gasteiger partial charge in [0, 0.05) is 29.7 Å². The van der Waals surface area contributed by atoms with Gasteiger partial charge in [-0.05, 0) is 31.0 Å². The van der Waals surface area contributed by atoms with E-state index in [2.05, 4.69) is 31.7 Å². The molecule has 0 fully saturated rings. The highest BCUT2D eigenvalue weighted by Crippen LogP contribution is 2.37. The number of allylic oxidation sites excluding steroid dienone is 2. The van der Waals surface area contributed by atoms with Crippen molar-refractivity contribution < 1.29 is 4.74 Å². The van der Waals surface area contributed by atoms with E-state index < -0.39 is 0 Å². The van der Waals surface area contributed by atoms with E-state index in [4.69, 9.17) is 10.5 Å². The van der Waals surface area contributed by atoms with Crippen molar-refractivity contribution in [1.82, 2.24) is 19.5 Å². The number of anilines is 1. The molecular weight excluding hydrogens is 314 g/mol. The minimum absolute atomic E-state index is 0.313. The number of hydrogen-bond acceptors (Lipinski definition) is 5. The lowest BCUT2D eigenvalue weighted by molar-refractivity contribution is 0.415. The second kappa shape index (κ2) is 6.39. The number of hydrogen-bond donors (Lipinski definition) is 1. The predicted octanol–water partition coefficient (Wildman–Crippen LogP) is 3.49. The highest BCUT2D eigenvalue weighted by Gasteiger charge is 2.21. The fourth-order valence-electron chi connectivity index (χ4n) is 3.22. The van der Waals surface area contributed by atoms with Gasteiger partial charge in [0.15, 0.2) is 11.6 Å². The van der Waals surface area contributed by atoms with E-state index >= 15 is 0 Å². The SMILES string of the molecule is COc1cc(-c2ncn(C3C=CCC3)c2-c2ccncc2)cnc1N. The molecule has 0 saturated carbocycles. The summed E-state index contributed by atoms with van der Waals surface area (Å²) in [5, 5.41) is 0. The predicted molar refractivity (Wildman–Crippen MR) is 97.1 cm³/mol. The molecule has 4 rings (SSSR count). The quantitative estimate of drug-likeness (QED) is 0.739. The van der Waals surface area contributed by atoms with Crippen molar-refractivity contribution >= 4 is 5.82 Å². The normalized spacial score (nSPS) is 16.3. The third kappa shape index (κ3) is 2.76. The van der Waals surface area contributed by atoms with E-state index in [0.29, 0.717) is 17.6 Å². The molecule has 1 aliphatic rings. The van der Waals surface area contributed by atoms with E-state index in [0.717, 1.165) is 35.4 Å². The van der Waals surface area contributed by atoms with Gasteiger partial charge >= 0.3 is 0 Å². The molecule has 0 radical (unpaired) electrons. The third-order valence-electron chi connectivity index (χ3n) is 4.47. The van der Waals surface area contributed by atoms with E-state index in [-0.39, 0.29) is 0 Å². The van der Waals surface area contributed by atoms with Gasteiger partial charge in [-0.3, -0.25) is 4.98 Å². The van der Waals surface area contributed by atoms with Gasteiger partial charge in [0.1, 0.15) is 0 Å². The molecule has 6 heteroatoms. The zero-order chi connectivity index (χ0) is 17.2. The first-order chi connectivity index (χ1) is 12.3. The summed E-state index contributed by atoms with van der Waals surface area (Å²) in [6, 6.07) is 6.19. The molecule has 1 aliphatic carbocycles. The Balaban J connectivity index is 1.89. The molecule has 3 aromatic heterocycles. The van der Waals surface area contributed by atoms with Crippen molar-refractivity contribution in [2.24, 2.45) is 0 Å². The number of ether oxygens (including phenoxy) is 1. The Kier molecular flexibility index (Phi) is 3.93. The van der Waals surface area contributed by atoms with Gasteiger partial charge in [0.25, 0.3) is 0 Å². The van der Waals surface area contributed by atoms with Crippen LogP contribution in [0.4, 0.5) is 5.82 Å². The monoisotopic (exact) mass is 333 g/mol. The van der Waals surface area contributed by atoms with Crippen molar-refractivity contribution in [3.05, 3.63) is 55.3 Å². The molecule has 0 aromatic carbocycles. The number of aromatic nitrogens is 4. The molecular formula is C19H19N5O. The van der Waals surface area contributed by atoms with Crippen LogP contribution in [0.3, 0.4) is 0 Å². The number of imidazole rings is 1. The van der Waals surface area contributed by atoms with Crippen molar-refractivity contribution in [3.63, 3.8) is 0 Å². The van der Waals surface area contributed by atoms with Crippen LogP contribution in [0.5, 0.6) is 5.75 Å². The van der Waals surface area contributed by atoms with Gasteiger partial charge < -0.3 is 15.0 Å². The first-order valence-electron chi connectivity index (χ1n) is 8.21. The molecule has 2 N–H and O–H groups in total. The number of nitrogens with two attached hydrogens (primary N) is 1. The summed E-state index contributed by atoms with van der Waals surface area (Å²) in [6.07, 6.45) is 13.8. The Morgan fingerprint density at radius 3 is 2.76 bits per heavy atom. The smallest absolute Gasteiger partial charge is 0.166 e. The molecule has 0 aliphatic heterocycles. The van der Waals surface area contributed by atoms with Gasteiger partial charge in [-0.25, -0.2) is 9.97 Å². The molecule has 1 unspecified atom stereocenters. The van der Waals surface area contributed by atoms with Gasteiger partial charge in [-0.15, -0.1) is 0 Å². The van der Waals surface area contributed by atoms with E-state index in [1.165, 1.54) is 0 Å². The minimum Gasteiger partial charge on any atom is -0.493 e. The first-order valence-corrected chi connectivity index (χ1v) is 8.21. The van der Waals surface area contributed by atoms with Crippen LogP contribution in [-0.4, -0.2) is 26.6 Å². The van der Waals surface area contributed by atoms with Crippen LogP contribution >= 0.6 is 0 Å². The molecule has 0 amide bonds. The van der Waals surface area contributed by atoms with Crippen LogP contribution in [-0.2, 0) is 0 Å². The van der Waals surface area contributed by atoms with Gasteiger partial charge in [-0.2, -0.15) is 0 Å². The fraction of sp³-hybridized carbons (Fsp3) is 0.211. The number of methoxy groups -OCH3 is 1. The lowest BCUT2D eigenvalue weighted by Crippen LogP contribution is -2.04. The zero-order valence-electron chi connectivity index (χ0n) is 14.0. The topological polar surface area (TPSA) is 78.8 Å². The summed E-state index contributed by atoms with van der Waals surface area (Å²) in [5.74, 6) is 0.920. The van der Waals surface area contributed by atoms with Gasteiger partial charge in [0.2, 0.25) is 0 Å². The minimum atomic E-state index is 0.313. The second-order valence-electron chi connectivity index (χ2n) is 5.97. The first kappa shape index (κ1) is 15.4. The Morgan fingerprint density at radius 2 is 2.04 bits per heavy atom. The van der Waals surface area contributed by atoms with E-state index in [1.54, 1.807) is 25.7 Å². The highest BCUT2D eigenvalue weighted by atomic mass is 16.5. The Morgan fingerprint density at radius 1 is 1.20 bits per heavy atom. The van der Waals surface area contributed by atoms with Crippen molar-refractivity contribution in [2.75, 3.05) is 12.8 Å². The lowest BCUT2D eigenvalue weighted by atomic mass is 10.1. The number of rotatable bonds is 4. The molecule has 0 bridgehead atoms. The lowest BCUT2D eigenvalue weighted by Gasteiger charge is -2.15. The number of nitrogens with zero attached hydrogens (tertiary/aromatic N) is 4. The van der Waals surface area contributed by atoms with E-state index in [9.17, 15) is 0 Å². The summed E-state index contributed by atoms with van der Waals surface area (Å²) in [6.45, 7) is 0. The van der Waals surface area contributed by atoms with Crippen molar-refractivity contribution in [1.29, 1.82) is 0 Å². The standard InChI is InChI=1S/C19H19N5O/c1-25-16-10-14(11-22-19(16)20)17-18(13-6-8-21-9-7-13)24(12-23-17)15-4-2-3-5-15/h2,4,6-12,15H,3,5H2,1H3,(H2,20,22). The highest BCUT2D eigenvalue weighted by molar-refractivity contribution is 5.79. The largest absolute Gasteiger partial charge is 0.493 e. The Bertz CT molecular complexity index is 917. The van der Waals surface area contributed by atoms with Crippen LogP contribution in [0.2, 0.25) is 0 Å². The number of nitrogen functional groups attached to an aromatic ring is 1. The van der Waals surface area contributed by atoms with Crippen LogP contribution in [0.25, 0.3) is 22.5 Å².